The molecule has 54 valence electrons. The SMILES string of the molecule is C#N.N#C[C@H]1CCC[C@@H]1O. The predicted octanol–water partition coefficient (Wildman–Crippen LogP) is 0.811. The molecule has 0 bridgehead atoms. The Kier molecular flexibility index (Phi) is 4.28. The zero-order valence-electron chi connectivity index (χ0n) is 5.70. The summed E-state index contributed by atoms with van der Waals surface area (Å²) in [4.78, 5) is 0. The second-order valence-corrected chi connectivity index (χ2v) is 2.23. The summed E-state index contributed by atoms with van der Waals surface area (Å²) in [6.07, 6.45) is 2.38. The van der Waals surface area contributed by atoms with Crippen molar-refractivity contribution in [3.8, 4) is 12.6 Å². The first kappa shape index (κ1) is 8.94. The highest BCUT2D eigenvalue weighted by molar-refractivity contribution is 4.92. The van der Waals surface area contributed by atoms with Crippen molar-refractivity contribution in [1.29, 1.82) is 10.5 Å². The van der Waals surface area contributed by atoms with Gasteiger partial charge in [-0.2, -0.15) is 5.26 Å². The molecule has 0 aliphatic heterocycles. The molecule has 0 aromatic rings. The number of aliphatic hydroxyl groups is 1. The van der Waals surface area contributed by atoms with E-state index in [4.69, 9.17) is 15.6 Å². The lowest BCUT2D eigenvalue weighted by Crippen LogP contribution is -2.09. The van der Waals surface area contributed by atoms with Crippen LogP contribution in [0.4, 0.5) is 0 Å². The Labute approximate surface area is 60.5 Å². The Morgan fingerprint density at radius 1 is 1.40 bits per heavy atom. The highest BCUT2D eigenvalue weighted by Gasteiger charge is 2.24. The maximum absolute atomic E-state index is 8.97. The van der Waals surface area contributed by atoms with Gasteiger partial charge in [-0.3, -0.25) is 0 Å². The van der Waals surface area contributed by atoms with Gasteiger partial charge < -0.3 is 5.11 Å². The van der Waals surface area contributed by atoms with Gasteiger partial charge >= 0.3 is 0 Å². The van der Waals surface area contributed by atoms with Crippen LogP contribution in [-0.2, 0) is 0 Å². The van der Waals surface area contributed by atoms with E-state index in [1.54, 1.807) is 0 Å². The number of nitrogens with zero attached hydrogens (tertiary/aromatic N) is 2. The molecule has 1 rings (SSSR count). The molecule has 10 heavy (non-hydrogen) atoms. The lowest BCUT2D eigenvalue weighted by Gasteiger charge is -2.01. The van der Waals surface area contributed by atoms with Crippen LogP contribution in [0.2, 0.25) is 0 Å². The zero-order valence-corrected chi connectivity index (χ0v) is 5.70. The van der Waals surface area contributed by atoms with Crippen LogP contribution < -0.4 is 0 Å². The van der Waals surface area contributed by atoms with Crippen LogP contribution in [0, 0.1) is 29.1 Å². The monoisotopic (exact) mass is 138 g/mol. The average molecular weight is 138 g/mol. The first-order valence-corrected chi connectivity index (χ1v) is 3.18. The minimum absolute atomic E-state index is 0.0741. The molecular formula is C7H10N2O. The van der Waals surface area contributed by atoms with Crippen molar-refractivity contribution >= 4 is 0 Å². The third-order valence-electron chi connectivity index (χ3n) is 1.65. The average Bonchev–Trinajstić information content (AvgIpc) is 2.39. The first-order chi connectivity index (χ1) is 4.84. The highest BCUT2D eigenvalue weighted by Crippen LogP contribution is 2.23. The molecule has 3 nitrogen and oxygen atoms in total. The van der Waals surface area contributed by atoms with Crippen molar-refractivity contribution in [2.75, 3.05) is 0 Å². The molecule has 1 fully saturated rings. The van der Waals surface area contributed by atoms with Crippen molar-refractivity contribution in [3.63, 3.8) is 0 Å². The van der Waals surface area contributed by atoms with Crippen molar-refractivity contribution in [2.45, 2.75) is 25.4 Å². The lowest BCUT2D eigenvalue weighted by atomic mass is 10.1. The van der Waals surface area contributed by atoms with Gasteiger partial charge in [-0.1, -0.05) is 0 Å². The smallest absolute Gasteiger partial charge is 0.0722 e. The Morgan fingerprint density at radius 3 is 2.20 bits per heavy atom. The number of aliphatic hydroxyl groups excluding tert-OH is 1. The quantitative estimate of drug-likeness (QED) is 0.538. The summed E-state index contributed by atoms with van der Waals surface area (Å²) >= 11 is 0. The summed E-state index contributed by atoms with van der Waals surface area (Å²) in [5, 5.41) is 23.8. The van der Waals surface area contributed by atoms with E-state index < -0.39 is 0 Å². The Hall–Kier alpha value is -1.06. The van der Waals surface area contributed by atoms with Gasteiger partial charge in [0, 0.05) is 6.57 Å². The molecule has 0 aromatic heterocycles. The summed E-state index contributed by atoms with van der Waals surface area (Å²) in [6.45, 7) is 3.50. The van der Waals surface area contributed by atoms with E-state index in [0.717, 1.165) is 19.3 Å². The van der Waals surface area contributed by atoms with Gasteiger partial charge in [0.15, 0.2) is 0 Å². The lowest BCUT2D eigenvalue weighted by molar-refractivity contribution is 0.156. The number of hydrogen-bond donors (Lipinski definition) is 1. The molecule has 0 saturated heterocycles. The fourth-order valence-electron chi connectivity index (χ4n) is 1.09. The fraction of sp³-hybridized carbons (Fsp3) is 0.714. The largest absolute Gasteiger partial charge is 0.392 e. The van der Waals surface area contributed by atoms with Crippen molar-refractivity contribution in [2.24, 2.45) is 5.92 Å². The topological polar surface area (TPSA) is 67.8 Å². The van der Waals surface area contributed by atoms with Crippen LogP contribution >= 0.6 is 0 Å². The Morgan fingerprint density at radius 2 is 2.00 bits per heavy atom. The first-order valence-electron chi connectivity index (χ1n) is 3.18. The molecule has 1 N–H and O–H groups in total. The molecule has 0 aromatic carbocycles. The van der Waals surface area contributed by atoms with Crippen LogP contribution in [0.25, 0.3) is 0 Å². The second kappa shape index (κ2) is 4.78. The second-order valence-electron chi connectivity index (χ2n) is 2.23. The normalized spacial score (nSPS) is 29.8. The van der Waals surface area contributed by atoms with Gasteiger partial charge in [0.2, 0.25) is 0 Å². The summed E-state index contributed by atoms with van der Waals surface area (Å²) in [7, 11) is 0. The van der Waals surface area contributed by atoms with Crippen molar-refractivity contribution in [3.05, 3.63) is 0 Å². The summed E-state index contributed by atoms with van der Waals surface area (Å²) in [6, 6.07) is 2.06. The van der Waals surface area contributed by atoms with Gasteiger partial charge in [-0.15, -0.1) is 0 Å². The van der Waals surface area contributed by atoms with Gasteiger partial charge in [0.25, 0.3) is 0 Å². The van der Waals surface area contributed by atoms with Crippen LogP contribution in [0.3, 0.4) is 0 Å². The molecule has 0 amide bonds. The Balaban J connectivity index is 0.000000371. The van der Waals surface area contributed by atoms with Crippen molar-refractivity contribution in [1.82, 2.24) is 0 Å². The molecule has 3 heteroatoms. The van der Waals surface area contributed by atoms with E-state index in [-0.39, 0.29) is 12.0 Å². The van der Waals surface area contributed by atoms with Crippen LogP contribution in [-0.4, -0.2) is 11.2 Å². The number of rotatable bonds is 0. The Bertz CT molecular complexity index is 147. The third-order valence-corrected chi connectivity index (χ3v) is 1.65. The molecule has 1 saturated carbocycles. The van der Waals surface area contributed by atoms with Gasteiger partial charge in [-0.05, 0) is 19.3 Å². The summed E-state index contributed by atoms with van der Waals surface area (Å²) < 4.78 is 0. The van der Waals surface area contributed by atoms with E-state index in [2.05, 4.69) is 12.6 Å². The maximum Gasteiger partial charge on any atom is 0.0722 e. The molecular weight excluding hydrogens is 128 g/mol. The third kappa shape index (κ3) is 2.05. The molecule has 1 aliphatic carbocycles. The van der Waals surface area contributed by atoms with Gasteiger partial charge in [-0.25, -0.2) is 5.26 Å². The highest BCUT2D eigenvalue weighted by atomic mass is 16.3. The molecule has 0 radical (unpaired) electrons. The van der Waals surface area contributed by atoms with Gasteiger partial charge in [0.1, 0.15) is 0 Å². The molecule has 2 atom stereocenters. The van der Waals surface area contributed by atoms with E-state index in [1.165, 1.54) is 0 Å². The maximum atomic E-state index is 8.97. The van der Waals surface area contributed by atoms with E-state index in [1.807, 2.05) is 0 Å². The van der Waals surface area contributed by atoms with E-state index >= 15 is 0 Å². The molecule has 0 unspecified atom stereocenters. The molecule has 1 aliphatic rings. The standard InChI is InChI=1S/C6H9NO.CHN/c7-4-5-2-1-3-6(5)8;1-2/h5-6,8H,1-3H2;1H/t5-,6+;/m1./s1. The zero-order chi connectivity index (χ0) is 7.98. The van der Waals surface area contributed by atoms with Crippen LogP contribution in [0.15, 0.2) is 0 Å². The van der Waals surface area contributed by atoms with E-state index in [0.29, 0.717) is 0 Å². The minimum Gasteiger partial charge on any atom is -0.392 e. The van der Waals surface area contributed by atoms with Crippen LogP contribution in [0.1, 0.15) is 19.3 Å². The summed E-state index contributed by atoms with van der Waals surface area (Å²) in [5.74, 6) is -0.0741. The number of nitriles is 2. The predicted molar refractivity (Wildman–Crippen MR) is 35.6 cm³/mol. The van der Waals surface area contributed by atoms with E-state index in [9.17, 15) is 0 Å². The molecule has 0 spiro atoms. The van der Waals surface area contributed by atoms with Gasteiger partial charge in [0.05, 0.1) is 18.1 Å². The van der Waals surface area contributed by atoms with Crippen LogP contribution in [0.5, 0.6) is 0 Å². The van der Waals surface area contributed by atoms with Crippen molar-refractivity contribution < 1.29 is 5.11 Å². The molecule has 0 heterocycles. The number of hydrogen-bond acceptors (Lipinski definition) is 3. The fourth-order valence-corrected chi connectivity index (χ4v) is 1.09. The minimum atomic E-state index is -0.333. The summed E-state index contributed by atoms with van der Waals surface area (Å²) in [5.41, 5.74) is 0.